The Morgan fingerprint density at radius 1 is 1.16 bits per heavy atom. The SMILES string of the molecule is CCOc1cc2c(cc1C(=O)NC)C(=N)N(CC(=O)c1cc(N(C)C)c(OS(C)(=O)=O)c(C(C)(C)C)c1)C2. The molecule has 2 aromatic carbocycles. The Labute approximate surface area is 224 Å². The zero-order valence-corrected chi connectivity index (χ0v) is 24.0. The van der Waals surface area contributed by atoms with Gasteiger partial charge in [-0.15, -0.1) is 0 Å². The number of Topliss-reactive ketones (excluding diaryl/α,β-unsaturated/α-hetero) is 1. The lowest BCUT2D eigenvalue weighted by Crippen LogP contribution is -2.31. The van der Waals surface area contributed by atoms with E-state index in [-0.39, 0.29) is 29.8 Å². The summed E-state index contributed by atoms with van der Waals surface area (Å²) in [5.74, 6) is 0.202. The summed E-state index contributed by atoms with van der Waals surface area (Å²) in [4.78, 5) is 29.3. The first-order chi connectivity index (χ1) is 17.6. The Balaban J connectivity index is 1.99. The number of nitrogens with zero attached hydrogens (tertiary/aromatic N) is 2. The molecule has 0 fully saturated rings. The number of ether oxygens (including phenoxy) is 1. The predicted molar refractivity (Wildman–Crippen MR) is 148 cm³/mol. The molecule has 38 heavy (non-hydrogen) atoms. The third-order valence-corrected chi connectivity index (χ3v) is 6.63. The lowest BCUT2D eigenvalue weighted by Gasteiger charge is -2.27. The number of rotatable bonds is 9. The Morgan fingerprint density at radius 3 is 2.34 bits per heavy atom. The van der Waals surface area contributed by atoms with Crippen LogP contribution in [0.2, 0.25) is 0 Å². The third-order valence-electron chi connectivity index (χ3n) is 6.16. The second-order valence-corrected chi connectivity index (χ2v) is 12.0. The van der Waals surface area contributed by atoms with E-state index in [1.807, 2.05) is 27.7 Å². The van der Waals surface area contributed by atoms with E-state index in [1.54, 1.807) is 48.2 Å². The van der Waals surface area contributed by atoms with Gasteiger partial charge in [0.25, 0.3) is 5.91 Å². The molecule has 0 bridgehead atoms. The second-order valence-electron chi connectivity index (χ2n) is 10.4. The average Bonchev–Trinajstić information content (AvgIpc) is 3.10. The topological polar surface area (TPSA) is 129 Å². The highest BCUT2D eigenvalue weighted by Gasteiger charge is 2.31. The number of carbonyl (C=O) groups is 2. The van der Waals surface area contributed by atoms with Gasteiger partial charge in [0.2, 0.25) is 0 Å². The number of benzene rings is 2. The lowest BCUT2D eigenvalue weighted by molar-refractivity contribution is 0.0953. The molecule has 0 radical (unpaired) electrons. The van der Waals surface area contributed by atoms with Crippen molar-refractivity contribution in [3.05, 3.63) is 52.1 Å². The van der Waals surface area contributed by atoms with Gasteiger partial charge in [-0.2, -0.15) is 8.42 Å². The van der Waals surface area contributed by atoms with Crippen molar-refractivity contribution in [3.63, 3.8) is 0 Å². The summed E-state index contributed by atoms with van der Waals surface area (Å²) in [6.45, 7) is 8.19. The van der Waals surface area contributed by atoms with E-state index in [1.165, 1.54) is 7.05 Å². The van der Waals surface area contributed by atoms with Crippen LogP contribution in [-0.2, 0) is 22.1 Å². The number of amides is 1. The molecule has 0 atom stereocenters. The number of hydrogen-bond acceptors (Lipinski definition) is 8. The summed E-state index contributed by atoms with van der Waals surface area (Å²) >= 11 is 0. The maximum Gasteiger partial charge on any atom is 0.306 e. The van der Waals surface area contributed by atoms with E-state index >= 15 is 0 Å². The molecule has 0 saturated heterocycles. The minimum atomic E-state index is -3.81. The van der Waals surface area contributed by atoms with E-state index in [4.69, 9.17) is 14.3 Å². The van der Waals surface area contributed by atoms with Gasteiger partial charge in [-0.1, -0.05) is 20.8 Å². The Morgan fingerprint density at radius 2 is 1.82 bits per heavy atom. The molecule has 2 N–H and O–H groups in total. The molecule has 2 aromatic rings. The summed E-state index contributed by atoms with van der Waals surface area (Å²) in [6, 6.07) is 6.66. The van der Waals surface area contributed by atoms with Gasteiger partial charge < -0.3 is 24.0 Å². The molecule has 3 rings (SSSR count). The van der Waals surface area contributed by atoms with Crippen molar-refractivity contribution in [1.82, 2.24) is 10.2 Å². The van der Waals surface area contributed by atoms with Crippen molar-refractivity contribution in [2.45, 2.75) is 39.7 Å². The number of hydrogen-bond donors (Lipinski definition) is 2. The zero-order chi connectivity index (χ0) is 28.6. The highest BCUT2D eigenvalue weighted by atomic mass is 32.2. The highest BCUT2D eigenvalue weighted by Crippen LogP contribution is 2.41. The smallest absolute Gasteiger partial charge is 0.306 e. The van der Waals surface area contributed by atoms with Crippen LogP contribution in [0.3, 0.4) is 0 Å². The molecule has 1 amide bonds. The van der Waals surface area contributed by atoms with Crippen molar-refractivity contribution < 1.29 is 26.9 Å². The summed E-state index contributed by atoms with van der Waals surface area (Å²) in [7, 11) is 1.21. The summed E-state index contributed by atoms with van der Waals surface area (Å²) in [5.41, 5.74) is 2.59. The van der Waals surface area contributed by atoms with Gasteiger partial charge in [0.05, 0.1) is 30.7 Å². The van der Waals surface area contributed by atoms with Gasteiger partial charge in [0.1, 0.15) is 11.6 Å². The predicted octanol–water partition coefficient (Wildman–Crippen LogP) is 3.17. The molecule has 1 heterocycles. The fourth-order valence-electron chi connectivity index (χ4n) is 4.32. The van der Waals surface area contributed by atoms with Crippen LogP contribution in [0.5, 0.6) is 11.5 Å². The van der Waals surface area contributed by atoms with E-state index < -0.39 is 15.5 Å². The van der Waals surface area contributed by atoms with Crippen molar-refractivity contribution in [2.24, 2.45) is 0 Å². The van der Waals surface area contributed by atoms with Crippen LogP contribution in [0.1, 0.15) is 65.1 Å². The fraction of sp³-hybridized carbons (Fsp3) is 0.444. The van der Waals surface area contributed by atoms with Crippen LogP contribution < -0.4 is 19.1 Å². The number of ketones is 1. The summed E-state index contributed by atoms with van der Waals surface area (Å²) in [5, 5.41) is 11.3. The molecule has 0 unspecified atom stereocenters. The molecule has 1 aliphatic rings. The van der Waals surface area contributed by atoms with Crippen LogP contribution in [0.25, 0.3) is 0 Å². The molecule has 10 nitrogen and oxygen atoms in total. The normalized spacial score (nSPS) is 13.3. The molecule has 206 valence electrons. The van der Waals surface area contributed by atoms with E-state index in [9.17, 15) is 18.0 Å². The molecule has 0 spiro atoms. The molecule has 0 saturated carbocycles. The number of fused-ring (bicyclic) bond motifs is 1. The Bertz CT molecular complexity index is 1390. The van der Waals surface area contributed by atoms with Crippen LogP contribution in [0.15, 0.2) is 24.3 Å². The largest absolute Gasteiger partial charge is 0.493 e. The fourth-order valence-corrected chi connectivity index (χ4v) is 4.80. The van der Waals surface area contributed by atoms with E-state index in [2.05, 4.69) is 5.32 Å². The monoisotopic (exact) mass is 544 g/mol. The van der Waals surface area contributed by atoms with Crippen LogP contribution >= 0.6 is 0 Å². The number of carbonyl (C=O) groups excluding carboxylic acids is 2. The van der Waals surface area contributed by atoms with Crippen LogP contribution in [0, 0.1) is 5.41 Å². The van der Waals surface area contributed by atoms with Gasteiger partial charge in [-0.05, 0) is 42.2 Å². The number of anilines is 1. The lowest BCUT2D eigenvalue weighted by atomic mass is 9.84. The first kappa shape index (κ1) is 29.0. The first-order valence-corrected chi connectivity index (χ1v) is 14.0. The number of nitrogens with one attached hydrogen (secondary N) is 2. The molecular weight excluding hydrogens is 508 g/mol. The first-order valence-electron chi connectivity index (χ1n) is 12.2. The van der Waals surface area contributed by atoms with Crippen LogP contribution in [0.4, 0.5) is 5.69 Å². The Hall–Kier alpha value is -3.60. The summed E-state index contributed by atoms with van der Waals surface area (Å²) < 4.78 is 35.1. The van der Waals surface area contributed by atoms with Crippen molar-refractivity contribution >= 4 is 33.3 Å². The third kappa shape index (κ3) is 6.09. The highest BCUT2D eigenvalue weighted by molar-refractivity contribution is 7.86. The van der Waals surface area contributed by atoms with Gasteiger partial charge in [0.15, 0.2) is 11.5 Å². The Kier molecular flexibility index (Phi) is 8.11. The molecule has 0 aliphatic carbocycles. The van der Waals surface area contributed by atoms with E-state index in [0.29, 0.717) is 46.8 Å². The van der Waals surface area contributed by atoms with E-state index in [0.717, 1.165) is 11.8 Å². The van der Waals surface area contributed by atoms with Gasteiger partial charge in [-0.3, -0.25) is 15.0 Å². The second kappa shape index (κ2) is 10.6. The quantitative estimate of drug-likeness (QED) is 0.364. The van der Waals surface area contributed by atoms with Crippen LogP contribution in [-0.4, -0.2) is 71.4 Å². The van der Waals surface area contributed by atoms with Gasteiger partial charge >= 0.3 is 10.1 Å². The standard InChI is InChI=1S/C27H36N4O6S/c1-9-36-23-12-17-14-31(25(28)18(17)13-19(23)26(33)29-5)15-22(32)16-10-20(27(2,3)4)24(37-38(8,34)35)21(11-16)30(6)7/h10-13,28H,9,14-15H2,1-8H3,(H,29,33). The van der Waals surface area contributed by atoms with Crippen molar-refractivity contribution in [2.75, 3.05) is 45.5 Å². The minimum Gasteiger partial charge on any atom is -0.493 e. The maximum absolute atomic E-state index is 13.5. The molecule has 0 aromatic heterocycles. The van der Waals surface area contributed by atoms with Crippen molar-refractivity contribution in [3.8, 4) is 11.5 Å². The molecular formula is C27H36N4O6S. The van der Waals surface area contributed by atoms with Gasteiger partial charge in [0, 0.05) is 44.4 Å². The average molecular weight is 545 g/mol. The minimum absolute atomic E-state index is 0.0739. The number of amidine groups is 1. The maximum atomic E-state index is 13.5. The van der Waals surface area contributed by atoms with Crippen molar-refractivity contribution in [1.29, 1.82) is 5.41 Å². The van der Waals surface area contributed by atoms with Gasteiger partial charge in [-0.25, -0.2) is 0 Å². The summed E-state index contributed by atoms with van der Waals surface area (Å²) in [6.07, 6.45) is 0.987. The molecule has 11 heteroatoms. The zero-order valence-electron chi connectivity index (χ0n) is 23.2. The molecule has 1 aliphatic heterocycles.